The standard InChI is InChI=1S/C26H20ClN3S/c1-18-12-13-21(14-23(18)27)30-15-22(20-10-6-3-7-11-20)24-25(30)28-17-29-26(24)31-16-19-8-4-2-5-9-19/h2-15,17H,16H2,1H3. The number of aromatic nitrogens is 3. The van der Waals surface area contributed by atoms with Gasteiger partial charge in [-0.3, -0.25) is 0 Å². The van der Waals surface area contributed by atoms with E-state index < -0.39 is 0 Å². The topological polar surface area (TPSA) is 30.7 Å². The predicted octanol–water partition coefficient (Wildman–Crippen LogP) is 7.34. The molecule has 0 saturated carbocycles. The molecule has 0 fully saturated rings. The van der Waals surface area contributed by atoms with E-state index in [1.807, 2.05) is 31.2 Å². The first-order chi connectivity index (χ1) is 15.2. The average Bonchev–Trinajstić information content (AvgIpc) is 3.21. The van der Waals surface area contributed by atoms with Gasteiger partial charge in [0, 0.05) is 28.2 Å². The first-order valence-electron chi connectivity index (χ1n) is 10.1. The van der Waals surface area contributed by atoms with E-state index in [4.69, 9.17) is 11.6 Å². The summed E-state index contributed by atoms with van der Waals surface area (Å²) in [7, 11) is 0. The zero-order valence-corrected chi connectivity index (χ0v) is 18.6. The molecule has 0 aliphatic heterocycles. The van der Waals surface area contributed by atoms with Gasteiger partial charge in [-0.15, -0.1) is 11.8 Å². The van der Waals surface area contributed by atoms with Gasteiger partial charge in [-0.2, -0.15) is 0 Å². The summed E-state index contributed by atoms with van der Waals surface area (Å²) in [6.45, 7) is 2.01. The normalized spacial score (nSPS) is 11.2. The molecule has 2 aromatic heterocycles. The summed E-state index contributed by atoms with van der Waals surface area (Å²) >= 11 is 8.17. The van der Waals surface area contributed by atoms with E-state index in [1.54, 1.807) is 18.1 Å². The van der Waals surface area contributed by atoms with E-state index in [2.05, 4.69) is 75.3 Å². The first kappa shape index (κ1) is 19.9. The average molecular weight is 442 g/mol. The number of rotatable bonds is 5. The predicted molar refractivity (Wildman–Crippen MR) is 130 cm³/mol. The molecule has 0 N–H and O–H groups in total. The monoisotopic (exact) mass is 441 g/mol. The van der Waals surface area contributed by atoms with Crippen molar-refractivity contribution < 1.29 is 0 Å². The molecular formula is C26H20ClN3S. The van der Waals surface area contributed by atoms with Crippen molar-refractivity contribution in [2.75, 3.05) is 0 Å². The molecule has 0 saturated heterocycles. The Morgan fingerprint density at radius 3 is 2.39 bits per heavy atom. The van der Waals surface area contributed by atoms with Crippen molar-refractivity contribution in [3.8, 4) is 16.8 Å². The molecular weight excluding hydrogens is 422 g/mol. The molecule has 5 heteroatoms. The van der Waals surface area contributed by atoms with Crippen LogP contribution in [0.1, 0.15) is 11.1 Å². The molecule has 152 valence electrons. The summed E-state index contributed by atoms with van der Waals surface area (Å²) in [6, 6.07) is 27.0. The zero-order chi connectivity index (χ0) is 21.2. The second kappa shape index (κ2) is 8.58. The Hall–Kier alpha value is -3.08. The molecule has 3 nitrogen and oxygen atoms in total. The van der Waals surface area contributed by atoms with Gasteiger partial charge in [0.15, 0.2) is 0 Å². The molecule has 5 aromatic rings. The van der Waals surface area contributed by atoms with Crippen LogP contribution in [0, 0.1) is 6.92 Å². The van der Waals surface area contributed by atoms with Crippen LogP contribution >= 0.6 is 23.4 Å². The summed E-state index contributed by atoms with van der Waals surface area (Å²) in [5.41, 5.74) is 6.44. The summed E-state index contributed by atoms with van der Waals surface area (Å²) in [5, 5.41) is 2.78. The lowest BCUT2D eigenvalue weighted by atomic mass is 10.1. The minimum atomic E-state index is 0.744. The van der Waals surface area contributed by atoms with Gasteiger partial charge < -0.3 is 4.57 Å². The van der Waals surface area contributed by atoms with Crippen molar-refractivity contribution in [1.29, 1.82) is 0 Å². The Bertz CT molecular complexity index is 1350. The van der Waals surface area contributed by atoms with Crippen LogP contribution in [-0.2, 0) is 5.75 Å². The number of fused-ring (bicyclic) bond motifs is 1. The second-order valence-corrected chi connectivity index (χ2v) is 8.74. The van der Waals surface area contributed by atoms with Crippen LogP contribution in [0.4, 0.5) is 0 Å². The van der Waals surface area contributed by atoms with Crippen LogP contribution in [-0.4, -0.2) is 14.5 Å². The third kappa shape index (κ3) is 3.97. The molecule has 0 aliphatic carbocycles. The highest BCUT2D eigenvalue weighted by Crippen LogP contribution is 2.38. The van der Waals surface area contributed by atoms with Crippen molar-refractivity contribution in [1.82, 2.24) is 14.5 Å². The van der Waals surface area contributed by atoms with Crippen LogP contribution in [0.5, 0.6) is 0 Å². The maximum absolute atomic E-state index is 6.44. The lowest BCUT2D eigenvalue weighted by molar-refractivity contribution is 1.04. The van der Waals surface area contributed by atoms with E-state index in [0.29, 0.717) is 0 Å². The van der Waals surface area contributed by atoms with Gasteiger partial charge in [-0.05, 0) is 35.7 Å². The smallest absolute Gasteiger partial charge is 0.149 e. The summed E-state index contributed by atoms with van der Waals surface area (Å²) in [5.74, 6) is 0.850. The van der Waals surface area contributed by atoms with Crippen LogP contribution in [0.2, 0.25) is 5.02 Å². The molecule has 0 amide bonds. The molecule has 0 spiro atoms. The highest BCUT2D eigenvalue weighted by atomic mass is 35.5. The fourth-order valence-electron chi connectivity index (χ4n) is 3.63. The molecule has 0 radical (unpaired) electrons. The van der Waals surface area contributed by atoms with Gasteiger partial charge in [0.2, 0.25) is 0 Å². The fraction of sp³-hybridized carbons (Fsp3) is 0.0769. The molecule has 0 unspecified atom stereocenters. The number of benzene rings is 3. The number of hydrogen-bond acceptors (Lipinski definition) is 3. The van der Waals surface area contributed by atoms with Gasteiger partial charge in [0.05, 0.1) is 5.39 Å². The molecule has 0 aliphatic rings. The molecule has 2 heterocycles. The zero-order valence-electron chi connectivity index (χ0n) is 17.0. The van der Waals surface area contributed by atoms with Crippen molar-refractivity contribution in [2.24, 2.45) is 0 Å². The molecule has 0 bridgehead atoms. The maximum Gasteiger partial charge on any atom is 0.149 e. The number of hydrogen-bond donors (Lipinski definition) is 0. The highest BCUT2D eigenvalue weighted by Gasteiger charge is 2.18. The van der Waals surface area contributed by atoms with E-state index >= 15 is 0 Å². The Labute approximate surface area is 190 Å². The molecule has 0 atom stereocenters. The number of nitrogens with zero attached hydrogens (tertiary/aromatic N) is 3. The van der Waals surface area contributed by atoms with Crippen molar-refractivity contribution >= 4 is 34.4 Å². The van der Waals surface area contributed by atoms with Crippen molar-refractivity contribution in [3.05, 3.63) is 108 Å². The number of aryl methyl sites for hydroxylation is 1. The Morgan fingerprint density at radius 1 is 0.903 bits per heavy atom. The van der Waals surface area contributed by atoms with Gasteiger partial charge >= 0.3 is 0 Å². The SMILES string of the molecule is Cc1ccc(-n2cc(-c3ccccc3)c3c(SCc4ccccc4)ncnc32)cc1Cl. The van der Waals surface area contributed by atoms with Gasteiger partial charge in [0.1, 0.15) is 17.0 Å². The largest absolute Gasteiger partial charge is 0.301 e. The Kier molecular flexibility index (Phi) is 5.49. The van der Waals surface area contributed by atoms with Crippen LogP contribution in [0.25, 0.3) is 27.8 Å². The summed E-state index contributed by atoms with van der Waals surface area (Å²) in [4.78, 5) is 9.33. The third-order valence-corrected chi connectivity index (χ3v) is 6.75. The van der Waals surface area contributed by atoms with E-state index in [-0.39, 0.29) is 0 Å². The van der Waals surface area contributed by atoms with Crippen LogP contribution < -0.4 is 0 Å². The lowest BCUT2D eigenvalue weighted by Crippen LogP contribution is -1.95. The molecule has 5 rings (SSSR count). The summed E-state index contributed by atoms with van der Waals surface area (Å²) < 4.78 is 2.11. The van der Waals surface area contributed by atoms with Crippen molar-refractivity contribution in [3.63, 3.8) is 0 Å². The van der Waals surface area contributed by atoms with Crippen LogP contribution in [0.3, 0.4) is 0 Å². The van der Waals surface area contributed by atoms with E-state index in [9.17, 15) is 0 Å². The van der Waals surface area contributed by atoms with Gasteiger partial charge in [0.25, 0.3) is 0 Å². The molecule has 31 heavy (non-hydrogen) atoms. The quantitative estimate of drug-likeness (QED) is 0.211. The number of thioether (sulfide) groups is 1. The second-order valence-electron chi connectivity index (χ2n) is 7.36. The fourth-order valence-corrected chi connectivity index (χ4v) is 4.77. The van der Waals surface area contributed by atoms with E-state index in [1.165, 1.54) is 5.56 Å². The Morgan fingerprint density at radius 2 is 1.65 bits per heavy atom. The highest BCUT2D eigenvalue weighted by molar-refractivity contribution is 7.98. The first-order valence-corrected chi connectivity index (χ1v) is 11.4. The van der Waals surface area contributed by atoms with Gasteiger partial charge in [-0.1, -0.05) is 78.3 Å². The Balaban J connectivity index is 1.68. The van der Waals surface area contributed by atoms with Crippen LogP contribution in [0.15, 0.2) is 96.4 Å². The van der Waals surface area contributed by atoms with E-state index in [0.717, 1.165) is 49.2 Å². The molecule has 3 aromatic carbocycles. The minimum Gasteiger partial charge on any atom is -0.301 e. The third-order valence-electron chi connectivity index (χ3n) is 5.28. The maximum atomic E-state index is 6.44. The van der Waals surface area contributed by atoms with Crippen molar-refractivity contribution in [2.45, 2.75) is 17.7 Å². The minimum absolute atomic E-state index is 0.744. The lowest BCUT2D eigenvalue weighted by Gasteiger charge is -2.08. The van der Waals surface area contributed by atoms with Gasteiger partial charge in [-0.25, -0.2) is 9.97 Å². The number of halogens is 1. The summed E-state index contributed by atoms with van der Waals surface area (Å²) in [6.07, 6.45) is 3.79.